The van der Waals surface area contributed by atoms with Crippen molar-refractivity contribution in [3.8, 4) is 0 Å². The lowest BCUT2D eigenvalue weighted by atomic mass is 10.1. The van der Waals surface area contributed by atoms with Gasteiger partial charge >= 0.3 is 0 Å². The normalized spacial score (nSPS) is 23.0. The van der Waals surface area contributed by atoms with Gasteiger partial charge in [0.25, 0.3) is 0 Å². The van der Waals surface area contributed by atoms with Gasteiger partial charge in [0.2, 0.25) is 5.91 Å². The average molecular weight is 247 g/mol. The molecule has 0 spiro atoms. The smallest absolute Gasteiger partial charge is 0.226 e. The minimum atomic E-state index is 0.115. The number of nitrogens with two attached hydrogens (primary N) is 1. The second kappa shape index (κ2) is 5.96. The molecular formula is C14H21N3O. The van der Waals surface area contributed by atoms with Crippen LogP contribution in [-0.4, -0.2) is 28.4 Å². The molecule has 1 aliphatic rings. The lowest BCUT2D eigenvalue weighted by Gasteiger charge is -2.23. The van der Waals surface area contributed by atoms with Crippen molar-refractivity contribution in [2.45, 2.75) is 38.8 Å². The molecule has 4 nitrogen and oxygen atoms in total. The summed E-state index contributed by atoms with van der Waals surface area (Å²) in [5.41, 5.74) is 6.81. The zero-order valence-electron chi connectivity index (χ0n) is 10.9. The van der Waals surface area contributed by atoms with Gasteiger partial charge in [0.15, 0.2) is 0 Å². The second-order valence-electron chi connectivity index (χ2n) is 4.94. The van der Waals surface area contributed by atoms with Crippen molar-refractivity contribution in [2.75, 3.05) is 6.54 Å². The fraction of sp³-hybridized carbons (Fsp3) is 0.571. The molecule has 2 unspecified atom stereocenters. The van der Waals surface area contributed by atoms with Crippen molar-refractivity contribution in [1.82, 2.24) is 9.88 Å². The minimum Gasteiger partial charge on any atom is -0.337 e. The average Bonchev–Trinajstić information content (AvgIpc) is 2.83. The van der Waals surface area contributed by atoms with Gasteiger partial charge in [0.05, 0.1) is 12.2 Å². The maximum absolute atomic E-state index is 12.4. The van der Waals surface area contributed by atoms with Crippen molar-refractivity contribution in [3.05, 3.63) is 30.1 Å². The van der Waals surface area contributed by atoms with Gasteiger partial charge in [0.1, 0.15) is 0 Å². The van der Waals surface area contributed by atoms with E-state index in [0.717, 1.165) is 31.5 Å². The third kappa shape index (κ3) is 3.07. The van der Waals surface area contributed by atoms with Gasteiger partial charge in [-0.25, -0.2) is 0 Å². The molecule has 1 amide bonds. The molecule has 1 aliphatic carbocycles. The lowest BCUT2D eigenvalue weighted by molar-refractivity contribution is -0.135. The fourth-order valence-corrected chi connectivity index (χ4v) is 2.53. The molecule has 1 aromatic heterocycles. The molecule has 1 saturated carbocycles. The van der Waals surface area contributed by atoms with E-state index in [2.05, 4.69) is 4.98 Å². The number of rotatable bonds is 4. The Morgan fingerprint density at radius 2 is 2.33 bits per heavy atom. The van der Waals surface area contributed by atoms with E-state index < -0.39 is 0 Å². The van der Waals surface area contributed by atoms with E-state index in [1.165, 1.54) is 0 Å². The summed E-state index contributed by atoms with van der Waals surface area (Å²) in [5.74, 6) is 0.347. The van der Waals surface area contributed by atoms with Crippen molar-refractivity contribution in [1.29, 1.82) is 0 Å². The Hall–Kier alpha value is -1.42. The SMILES string of the molecule is CCN(Cc1ccccn1)C(=O)C1CCC(N)C1. The maximum Gasteiger partial charge on any atom is 0.226 e. The van der Waals surface area contributed by atoms with Crippen LogP contribution in [0.1, 0.15) is 31.9 Å². The van der Waals surface area contributed by atoms with Crippen LogP contribution in [0.5, 0.6) is 0 Å². The minimum absolute atomic E-state index is 0.115. The Morgan fingerprint density at radius 1 is 1.50 bits per heavy atom. The van der Waals surface area contributed by atoms with E-state index in [4.69, 9.17) is 5.73 Å². The van der Waals surface area contributed by atoms with Crippen LogP contribution in [0.2, 0.25) is 0 Å². The van der Waals surface area contributed by atoms with Crippen molar-refractivity contribution < 1.29 is 4.79 Å². The molecule has 4 heteroatoms. The second-order valence-corrected chi connectivity index (χ2v) is 4.94. The Kier molecular flexibility index (Phi) is 4.31. The first-order valence-corrected chi connectivity index (χ1v) is 6.65. The van der Waals surface area contributed by atoms with Crippen LogP contribution >= 0.6 is 0 Å². The number of aromatic nitrogens is 1. The van der Waals surface area contributed by atoms with Gasteiger partial charge in [-0.3, -0.25) is 9.78 Å². The summed E-state index contributed by atoms with van der Waals surface area (Å²) in [6.07, 6.45) is 4.49. The molecule has 2 rings (SSSR count). The lowest BCUT2D eigenvalue weighted by Crippen LogP contribution is -2.35. The maximum atomic E-state index is 12.4. The Labute approximate surface area is 108 Å². The van der Waals surface area contributed by atoms with Gasteiger partial charge in [-0.15, -0.1) is 0 Å². The highest BCUT2D eigenvalue weighted by Gasteiger charge is 2.30. The van der Waals surface area contributed by atoms with Gasteiger partial charge in [-0.1, -0.05) is 6.07 Å². The van der Waals surface area contributed by atoms with Crippen molar-refractivity contribution in [3.63, 3.8) is 0 Å². The predicted octanol–water partition coefficient (Wildman–Crippen LogP) is 1.56. The summed E-state index contributed by atoms with van der Waals surface area (Å²) in [7, 11) is 0. The molecule has 0 aromatic carbocycles. The summed E-state index contributed by atoms with van der Waals surface area (Å²) >= 11 is 0. The number of hydrogen-bond donors (Lipinski definition) is 1. The molecule has 0 saturated heterocycles. The zero-order chi connectivity index (χ0) is 13.0. The molecule has 1 heterocycles. The van der Waals surface area contributed by atoms with Crippen LogP contribution < -0.4 is 5.73 Å². The Bertz CT molecular complexity index is 393. The highest BCUT2D eigenvalue weighted by molar-refractivity contribution is 5.79. The molecule has 18 heavy (non-hydrogen) atoms. The van der Waals surface area contributed by atoms with E-state index in [1.54, 1.807) is 6.20 Å². The molecule has 2 atom stereocenters. The van der Waals surface area contributed by atoms with E-state index >= 15 is 0 Å². The summed E-state index contributed by atoms with van der Waals surface area (Å²) in [5, 5.41) is 0. The topological polar surface area (TPSA) is 59.2 Å². The van der Waals surface area contributed by atoms with Crippen LogP contribution in [0.4, 0.5) is 0 Å². The number of nitrogens with zero attached hydrogens (tertiary/aromatic N) is 2. The van der Waals surface area contributed by atoms with Crippen LogP contribution in [0.15, 0.2) is 24.4 Å². The number of amides is 1. The molecule has 1 aromatic rings. The van der Waals surface area contributed by atoms with E-state index in [-0.39, 0.29) is 17.9 Å². The van der Waals surface area contributed by atoms with Crippen LogP contribution in [-0.2, 0) is 11.3 Å². The predicted molar refractivity (Wildman–Crippen MR) is 70.6 cm³/mol. The van der Waals surface area contributed by atoms with E-state index in [0.29, 0.717) is 6.54 Å². The standard InChI is InChI=1S/C14H21N3O/c1-2-17(10-13-5-3-4-8-16-13)14(18)11-6-7-12(15)9-11/h3-5,8,11-12H,2,6-7,9-10,15H2,1H3. The fourth-order valence-electron chi connectivity index (χ4n) is 2.53. The first-order valence-electron chi connectivity index (χ1n) is 6.65. The van der Waals surface area contributed by atoms with Gasteiger partial charge in [0, 0.05) is 24.7 Å². The molecule has 2 N–H and O–H groups in total. The molecule has 0 bridgehead atoms. The molecule has 98 valence electrons. The van der Waals surface area contributed by atoms with Gasteiger partial charge in [-0.2, -0.15) is 0 Å². The first kappa shape index (κ1) is 13.0. The molecule has 0 aliphatic heterocycles. The third-order valence-electron chi connectivity index (χ3n) is 3.59. The number of pyridine rings is 1. The molecule has 1 fully saturated rings. The van der Waals surface area contributed by atoms with Gasteiger partial charge < -0.3 is 10.6 Å². The molecular weight excluding hydrogens is 226 g/mol. The highest BCUT2D eigenvalue weighted by atomic mass is 16.2. The van der Waals surface area contributed by atoms with Crippen molar-refractivity contribution >= 4 is 5.91 Å². The molecule has 0 radical (unpaired) electrons. The van der Waals surface area contributed by atoms with Crippen LogP contribution in [0.3, 0.4) is 0 Å². The Balaban J connectivity index is 1.98. The van der Waals surface area contributed by atoms with Crippen LogP contribution in [0, 0.1) is 5.92 Å². The van der Waals surface area contributed by atoms with E-state index in [1.807, 2.05) is 30.0 Å². The third-order valence-corrected chi connectivity index (χ3v) is 3.59. The Morgan fingerprint density at radius 3 is 2.89 bits per heavy atom. The number of carbonyl (C=O) groups excluding carboxylic acids is 1. The number of hydrogen-bond acceptors (Lipinski definition) is 3. The van der Waals surface area contributed by atoms with E-state index in [9.17, 15) is 4.79 Å². The van der Waals surface area contributed by atoms with Crippen LogP contribution in [0.25, 0.3) is 0 Å². The first-order chi connectivity index (χ1) is 8.70. The summed E-state index contributed by atoms with van der Waals surface area (Å²) < 4.78 is 0. The summed E-state index contributed by atoms with van der Waals surface area (Å²) in [6.45, 7) is 3.33. The largest absolute Gasteiger partial charge is 0.337 e. The van der Waals surface area contributed by atoms with Crippen molar-refractivity contribution in [2.24, 2.45) is 11.7 Å². The monoisotopic (exact) mass is 247 g/mol. The quantitative estimate of drug-likeness (QED) is 0.878. The van der Waals surface area contributed by atoms with Gasteiger partial charge in [-0.05, 0) is 38.3 Å². The summed E-state index contributed by atoms with van der Waals surface area (Å²) in [4.78, 5) is 18.5. The zero-order valence-corrected chi connectivity index (χ0v) is 10.9. The summed E-state index contributed by atoms with van der Waals surface area (Å²) in [6, 6.07) is 5.99. The number of carbonyl (C=O) groups is 1. The highest BCUT2D eigenvalue weighted by Crippen LogP contribution is 2.26.